The van der Waals surface area contributed by atoms with Gasteiger partial charge in [0.2, 0.25) is 5.91 Å². The van der Waals surface area contributed by atoms with E-state index in [1.54, 1.807) is 0 Å². The third kappa shape index (κ3) is 3.58. The zero-order valence-corrected chi connectivity index (χ0v) is 11.5. The van der Waals surface area contributed by atoms with Crippen molar-refractivity contribution in [3.8, 4) is 0 Å². The lowest BCUT2D eigenvalue weighted by Crippen LogP contribution is -2.40. The first-order valence-electron chi connectivity index (χ1n) is 7.23. The van der Waals surface area contributed by atoms with Crippen LogP contribution in [0.25, 0.3) is 0 Å². The summed E-state index contributed by atoms with van der Waals surface area (Å²) in [5.41, 5.74) is 0. The zero-order chi connectivity index (χ0) is 13.8. The topological polar surface area (TPSA) is 66.4 Å². The van der Waals surface area contributed by atoms with Crippen molar-refractivity contribution in [3.63, 3.8) is 0 Å². The molecule has 0 aromatic heterocycles. The molecule has 0 radical (unpaired) electrons. The van der Waals surface area contributed by atoms with Gasteiger partial charge in [-0.2, -0.15) is 0 Å². The van der Waals surface area contributed by atoms with Crippen molar-refractivity contribution in [2.24, 2.45) is 23.7 Å². The van der Waals surface area contributed by atoms with Gasteiger partial charge in [0.05, 0.1) is 11.8 Å². The monoisotopic (exact) mass is 265 g/mol. The Morgan fingerprint density at radius 2 is 1.89 bits per heavy atom. The Balaban J connectivity index is 1.84. The van der Waals surface area contributed by atoms with Crippen molar-refractivity contribution in [3.05, 3.63) is 12.2 Å². The van der Waals surface area contributed by atoms with Crippen LogP contribution in [0.3, 0.4) is 0 Å². The number of aliphatic carboxylic acids is 1. The van der Waals surface area contributed by atoms with Gasteiger partial charge in [0.15, 0.2) is 0 Å². The molecular weight excluding hydrogens is 242 g/mol. The minimum absolute atomic E-state index is 0.0868. The number of amides is 1. The molecule has 0 heterocycles. The molecule has 0 aromatic rings. The fourth-order valence-corrected chi connectivity index (χ4v) is 3.26. The third-order valence-corrected chi connectivity index (χ3v) is 4.45. The van der Waals surface area contributed by atoms with Crippen LogP contribution in [-0.2, 0) is 9.59 Å². The Hall–Kier alpha value is -1.32. The van der Waals surface area contributed by atoms with Crippen LogP contribution in [0.4, 0.5) is 0 Å². The van der Waals surface area contributed by atoms with Gasteiger partial charge in [-0.05, 0) is 37.5 Å². The van der Waals surface area contributed by atoms with E-state index in [-0.39, 0.29) is 5.91 Å². The molecule has 2 aliphatic carbocycles. The van der Waals surface area contributed by atoms with Crippen LogP contribution in [0.1, 0.15) is 39.0 Å². The summed E-state index contributed by atoms with van der Waals surface area (Å²) in [5, 5.41) is 12.1. The van der Waals surface area contributed by atoms with Crippen LogP contribution in [0.2, 0.25) is 0 Å². The molecule has 0 spiro atoms. The van der Waals surface area contributed by atoms with E-state index >= 15 is 0 Å². The molecular formula is C15H23NO3. The number of carboxylic acid groups (broad SMARTS) is 1. The Morgan fingerprint density at radius 3 is 2.47 bits per heavy atom. The zero-order valence-electron chi connectivity index (χ0n) is 11.5. The molecule has 4 heteroatoms. The van der Waals surface area contributed by atoms with E-state index in [1.807, 2.05) is 12.2 Å². The third-order valence-electron chi connectivity index (χ3n) is 4.45. The standard InChI is InChI=1S/C15H23NO3/c1-10-6-7-11(8-10)9-16-14(17)12-4-2-3-5-13(12)15(18)19/h2-3,10-13H,4-9H2,1H3,(H,16,17)(H,18,19)/t10?,11?,12-,13+/m1/s1. The first-order chi connectivity index (χ1) is 9.08. The van der Waals surface area contributed by atoms with Gasteiger partial charge in [0.25, 0.3) is 0 Å². The second kappa shape index (κ2) is 6.22. The lowest BCUT2D eigenvalue weighted by atomic mass is 9.82. The quantitative estimate of drug-likeness (QED) is 0.766. The van der Waals surface area contributed by atoms with Crippen LogP contribution in [0.15, 0.2) is 12.2 Å². The molecule has 0 aliphatic heterocycles. The fraction of sp³-hybridized carbons (Fsp3) is 0.733. The average molecular weight is 265 g/mol. The lowest BCUT2D eigenvalue weighted by molar-refractivity contribution is -0.147. The van der Waals surface area contributed by atoms with Crippen LogP contribution in [-0.4, -0.2) is 23.5 Å². The van der Waals surface area contributed by atoms with E-state index in [0.29, 0.717) is 25.3 Å². The first-order valence-corrected chi connectivity index (χ1v) is 7.23. The van der Waals surface area contributed by atoms with E-state index in [0.717, 1.165) is 5.92 Å². The van der Waals surface area contributed by atoms with E-state index in [9.17, 15) is 9.59 Å². The maximum Gasteiger partial charge on any atom is 0.307 e. The Kier molecular flexibility index (Phi) is 4.61. The largest absolute Gasteiger partial charge is 0.481 e. The van der Waals surface area contributed by atoms with E-state index in [1.165, 1.54) is 19.3 Å². The van der Waals surface area contributed by atoms with E-state index in [4.69, 9.17) is 5.11 Å². The van der Waals surface area contributed by atoms with Gasteiger partial charge in [-0.15, -0.1) is 0 Å². The summed E-state index contributed by atoms with van der Waals surface area (Å²) in [6.07, 6.45) is 8.38. The summed E-state index contributed by atoms with van der Waals surface area (Å²) in [4.78, 5) is 23.3. The van der Waals surface area contributed by atoms with Crippen LogP contribution >= 0.6 is 0 Å². The molecule has 2 unspecified atom stereocenters. The number of carboxylic acids is 1. The first kappa shape index (κ1) is 14.1. The summed E-state index contributed by atoms with van der Waals surface area (Å²) in [7, 11) is 0. The minimum atomic E-state index is -0.862. The molecule has 106 valence electrons. The van der Waals surface area contributed by atoms with Crippen molar-refractivity contribution < 1.29 is 14.7 Å². The van der Waals surface area contributed by atoms with Gasteiger partial charge >= 0.3 is 5.97 Å². The van der Waals surface area contributed by atoms with Crippen LogP contribution in [0.5, 0.6) is 0 Å². The van der Waals surface area contributed by atoms with Gasteiger partial charge in [-0.1, -0.05) is 25.5 Å². The predicted molar refractivity (Wildman–Crippen MR) is 72.5 cm³/mol. The highest BCUT2D eigenvalue weighted by Crippen LogP contribution is 2.30. The van der Waals surface area contributed by atoms with Crippen molar-refractivity contribution in [2.45, 2.75) is 39.0 Å². The fourth-order valence-electron chi connectivity index (χ4n) is 3.26. The van der Waals surface area contributed by atoms with Crippen molar-refractivity contribution in [1.82, 2.24) is 5.32 Å². The molecule has 2 rings (SSSR count). The number of carbonyl (C=O) groups excluding carboxylic acids is 1. The molecule has 2 aliphatic rings. The number of rotatable bonds is 4. The summed E-state index contributed by atoms with van der Waals surface area (Å²) in [6, 6.07) is 0. The van der Waals surface area contributed by atoms with Gasteiger partial charge in [0.1, 0.15) is 0 Å². The second-order valence-corrected chi connectivity index (χ2v) is 6.02. The second-order valence-electron chi connectivity index (χ2n) is 6.02. The molecule has 4 atom stereocenters. The normalized spacial score (nSPS) is 34.2. The predicted octanol–water partition coefficient (Wildman–Crippen LogP) is 2.21. The molecule has 0 bridgehead atoms. The van der Waals surface area contributed by atoms with E-state index < -0.39 is 17.8 Å². The molecule has 0 saturated heterocycles. The Morgan fingerprint density at radius 1 is 1.21 bits per heavy atom. The molecule has 1 amide bonds. The van der Waals surface area contributed by atoms with Gasteiger partial charge in [0, 0.05) is 6.54 Å². The SMILES string of the molecule is CC1CCC(CNC(=O)[C@@H]2CC=CC[C@@H]2C(=O)O)C1. The minimum Gasteiger partial charge on any atom is -0.481 e. The molecule has 19 heavy (non-hydrogen) atoms. The number of allylic oxidation sites excluding steroid dienone is 2. The van der Waals surface area contributed by atoms with E-state index in [2.05, 4.69) is 12.2 Å². The highest BCUT2D eigenvalue weighted by atomic mass is 16.4. The van der Waals surface area contributed by atoms with Crippen molar-refractivity contribution in [1.29, 1.82) is 0 Å². The highest BCUT2D eigenvalue weighted by molar-refractivity contribution is 5.85. The number of hydrogen-bond acceptors (Lipinski definition) is 2. The number of nitrogens with one attached hydrogen (secondary N) is 1. The summed E-state index contributed by atoms with van der Waals surface area (Å²) >= 11 is 0. The van der Waals surface area contributed by atoms with Gasteiger partial charge < -0.3 is 10.4 Å². The average Bonchev–Trinajstić information content (AvgIpc) is 2.81. The number of carbonyl (C=O) groups is 2. The Bertz CT molecular complexity index is 378. The highest BCUT2D eigenvalue weighted by Gasteiger charge is 2.34. The Labute approximate surface area is 114 Å². The maximum absolute atomic E-state index is 12.1. The molecule has 4 nitrogen and oxygen atoms in total. The molecule has 1 saturated carbocycles. The molecule has 0 aromatic carbocycles. The van der Waals surface area contributed by atoms with Crippen LogP contribution < -0.4 is 5.32 Å². The smallest absolute Gasteiger partial charge is 0.307 e. The van der Waals surface area contributed by atoms with Crippen molar-refractivity contribution >= 4 is 11.9 Å². The van der Waals surface area contributed by atoms with Crippen molar-refractivity contribution in [2.75, 3.05) is 6.54 Å². The summed E-state index contributed by atoms with van der Waals surface area (Å²) < 4.78 is 0. The van der Waals surface area contributed by atoms with Crippen LogP contribution in [0, 0.1) is 23.7 Å². The van der Waals surface area contributed by atoms with Gasteiger partial charge in [-0.3, -0.25) is 9.59 Å². The lowest BCUT2D eigenvalue weighted by Gasteiger charge is -2.24. The maximum atomic E-state index is 12.1. The molecule has 2 N–H and O–H groups in total. The number of hydrogen-bond donors (Lipinski definition) is 2. The summed E-state index contributed by atoms with van der Waals surface area (Å²) in [5.74, 6) is -0.586. The molecule has 1 fully saturated rings. The summed E-state index contributed by atoms with van der Waals surface area (Å²) in [6.45, 7) is 2.95. The van der Waals surface area contributed by atoms with Gasteiger partial charge in [-0.25, -0.2) is 0 Å².